The number of Topliss-reactive ketones (excluding diaryl/α,β-unsaturated/α-hetero) is 1. The van der Waals surface area contributed by atoms with E-state index in [9.17, 15) is 18.0 Å². The van der Waals surface area contributed by atoms with Crippen molar-refractivity contribution >= 4 is 30.0 Å². The predicted molar refractivity (Wildman–Crippen MR) is 94.2 cm³/mol. The van der Waals surface area contributed by atoms with Crippen molar-refractivity contribution in [1.82, 2.24) is 4.98 Å². The molecule has 1 heterocycles. The van der Waals surface area contributed by atoms with Crippen LogP contribution in [0.2, 0.25) is 5.15 Å². The maximum atomic E-state index is 12.3. The van der Waals surface area contributed by atoms with E-state index in [1.165, 1.54) is 13.8 Å². The van der Waals surface area contributed by atoms with Gasteiger partial charge < -0.3 is 9.84 Å². The summed E-state index contributed by atoms with van der Waals surface area (Å²) in [7, 11) is 0. The standard InChI is InChI=1S/C11H11ClF3NO3.C2H6.CH4S.CH4/c1-5-3-7(9(18)11(13,14)15)16-10(12)8(5)19-4-6(2)17;2*1-2;/h3,9,18H,4H2,1-2H3;1-2H3;2H,1H3;1H4. The fourth-order valence-corrected chi connectivity index (χ4v) is 1.60. The van der Waals surface area contributed by atoms with Crippen LogP contribution in [0.25, 0.3) is 0 Å². The van der Waals surface area contributed by atoms with Crippen LogP contribution >= 0.6 is 24.2 Å². The highest BCUT2D eigenvalue weighted by Crippen LogP contribution is 2.35. The van der Waals surface area contributed by atoms with E-state index in [2.05, 4.69) is 17.6 Å². The number of aliphatic hydroxyl groups is 1. The molecule has 1 aromatic rings. The SMILES string of the molecule is C.CC.CC(=O)COc1c(C)cc(C(O)C(F)(F)F)nc1Cl.CS. The van der Waals surface area contributed by atoms with Crippen LogP contribution in [0, 0.1) is 6.92 Å². The van der Waals surface area contributed by atoms with Gasteiger partial charge in [0.25, 0.3) is 0 Å². The molecular formula is C15H25ClF3NO3S. The zero-order valence-corrected chi connectivity index (χ0v) is 15.2. The molecule has 142 valence electrons. The summed E-state index contributed by atoms with van der Waals surface area (Å²) in [5.41, 5.74) is -0.371. The lowest BCUT2D eigenvalue weighted by atomic mass is 10.1. The number of hydrogen-bond acceptors (Lipinski definition) is 5. The van der Waals surface area contributed by atoms with Crippen molar-refractivity contribution < 1.29 is 27.8 Å². The average Bonchev–Trinajstić information content (AvgIpc) is 2.48. The number of thiol groups is 1. The van der Waals surface area contributed by atoms with Crippen LogP contribution in [0.4, 0.5) is 13.2 Å². The molecule has 0 aliphatic heterocycles. The number of carbonyl (C=O) groups excluding carboxylic acids is 1. The lowest BCUT2D eigenvalue weighted by Gasteiger charge is -2.16. The monoisotopic (exact) mass is 391 g/mol. The molecule has 0 saturated heterocycles. The second-order valence-corrected chi connectivity index (χ2v) is 4.28. The minimum Gasteiger partial charge on any atom is -0.482 e. The van der Waals surface area contributed by atoms with E-state index in [0.717, 1.165) is 6.07 Å². The van der Waals surface area contributed by atoms with Gasteiger partial charge in [0.1, 0.15) is 6.61 Å². The number of hydrogen-bond donors (Lipinski definition) is 2. The van der Waals surface area contributed by atoms with Gasteiger partial charge in [-0.3, -0.25) is 4.79 Å². The molecule has 0 amide bonds. The third kappa shape index (κ3) is 9.34. The predicted octanol–water partition coefficient (Wildman–Crippen LogP) is 4.82. The van der Waals surface area contributed by atoms with Crippen molar-refractivity contribution in [2.24, 2.45) is 0 Å². The van der Waals surface area contributed by atoms with Gasteiger partial charge in [-0.25, -0.2) is 4.98 Å². The summed E-state index contributed by atoms with van der Waals surface area (Å²) >= 11 is 9.21. The Bertz CT molecular complexity index is 476. The molecule has 0 bridgehead atoms. The Balaban J connectivity index is -0.000000817. The van der Waals surface area contributed by atoms with E-state index in [1.54, 1.807) is 6.26 Å². The van der Waals surface area contributed by atoms with Crippen molar-refractivity contribution in [2.75, 3.05) is 12.9 Å². The minimum atomic E-state index is -4.83. The summed E-state index contributed by atoms with van der Waals surface area (Å²) in [5.74, 6) is -0.245. The van der Waals surface area contributed by atoms with Gasteiger partial charge in [0.15, 0.2) is 22.8 Å². The van der Waals surface area contributed by atoms with E-state index in [1.807, 2.05) is 13.8 Å². The number of carbonyl (C=O) groups is 1. The lowest BCUT2D eigenvalue weighted by Crippen LogP contribution is -2.21. The van der Waals surface area contributed by atoms with E-state index >= 15 is 0 Å². The zero-order valence-electron chi connectivity index (χ0n) is 13.5. The number of aromatic nitrogens is 1. The number of ketones is 1. The van der Waals surface area contributed by atoms with Crippen LogP contribution in [-0.2, 0) is 4.79 Å². The van der Waals surface area contributed by atoms with Crippen LogP contribution < -0.4 is 4.74 Å². The van der Waals surface area contributed by atoms with E-state index in [-0.39, 0.29) is 36.3 Å². The second kappa shape index (κ2) is 13.3. The Kier molecular flexibility index (Phi) is 15.4. The summed E-state index contributed by atoms with van der Waals surface area (Å²) in [4.78, 5) is 14.2. The van der Waals surface area contributed by atoms with E-state index in [4.69, 9.17) is 21.4 Å². The normalized spacial score (nSPS) is 11.0. The van der Waals surface area contributed by atoms with Gasteiger partial charge in [-0.05, 0) is 31.7 Å². The molecule has 24 heavy (non-hydrogen) atoms. The Morgan fingerprint density at radius 1 is 1.42 bits per heavy atom. The Morgan fingerprint density at radius 2 is 1.88 bits per heavy atom. The topological polar surface area (TPSA) is 59.4 Å². The lowest BCUT2D eigenvalue weighted by molar-refractivity contribution is -0.207. The molecule has 9 heteroatoms. The fraction of sp³-hybridized carbons (Fsp3) is 0.600. The number of ether oxygens (including phenoxy) is 1. The summed E-state index contributed by atoms with van der Waals surface area (Å²) in [5, 5.41) is 8.74. The van der Waals surface area contributed by atoms with Crippen molar-refractivity contribution in [3.63, 3.8) is 0 Å². The number of nitrogens with zero attached hydrogens (tertiary/aromatic N) is 1. The molecule has 0 radical (unpaired) electrons. The highest BCUT2D eigenvalue weighted by molar-refractivity contribution is 7.79. The highest BCUT2D eigenvalue weighted by atomic mass is 35.5. The van der Waals surface area contributed by atoms with Gasteiger partial charge in [0, 0.05) is 0 Å². The Morgan fingerprint density at radius 3 is 2.21 bits per heavy atom. The van der Waals surface area contributed by atoms with Crippen LogP contribution in [0.5, 0.6) is 5.75 Å². The molecule has 1 aromatic heterocycles. The molecular weight excluding hydrogens is 367 g/mol. The largest absolute Gasteiger partial charge is 0.482 e. The Hall–Kier alpha value is -0.990. The maximum Gasteiger partial charge on any atom is 0.420 e. The summed E-state index contributed by atoms with van der Waals surface area (Å²) < 4.78 is 42.1. The van der Waals surface area contributed by atoms with E-state index < -0.39 is 18.0 Å². The molecule has 0 saturated carbocycles. The molecule has 0 fully saturated rings. The number of rotatable bonds is 4. The molecule has 4 nitrogen and oxygen atoms in total. The molecule has 0 aliphatic carbocycles. The molecule has 1 unspecified atom stereocenters. The molecule has 0 aromatic carbocycles. The summed E-state index contributed by atoms with van der Waals surface area (Å²) in [6, 6.07) is 1.01. The Labute approximate surface area is 151 Å². The average molecular weight is 392 g/mol. The first-order chi connectivity index (χ1) is 10.6. The number of alkyl halides is 3. The number of pyridine rings is 1. The van der Waals surface area contributed by atoms with Crippen molar-refractivity contribution in [3.8, 4) is 5.75 Å². The molecule has 0 spiro atoms. The van der Waals surface area contributed by atoms with Crippen LogP contribution in [0.15, 0.2) is 6.07 Å². The number of aliphatic hydroxyl groups excluding tert-OH is 1. The van der Waals surface area contributed by atoms with Crippen molar-refractivity contribution in [3.05, 3.63) is 22.5 Å². The van der Waals surface area contributed by atoms with Crippen LogP contribution in [0.1, 0.15) is 45.6 Å². The first-order valence-electron chi connectivity index (χ1n) is 6.61. The first kappa shape index (κ1) is 27.8. The maximum absolute atomic E-state index is 12.3. The van der Waals surface area contributed by atoms with Gasteiger partial charge in [0.2, 0.25) is 0 Å². The molecule has 1 N–H and O–H groups in total. The van der Waals surface area contributed by atoms with E-state index in [0.29, 0.717) is 0 Å². The minimum absolute atomic E-state index is 0. The summed E-state index contributed by atoms with van der Waals surface area (Å²) in [6.07, 6.45) is -5.85. The summed E-state index contributed by atoms with van der Waals surface area (Å²) in [6.45, 7) is 6.47. The molecule has 0 aliphatic rings. The van der Waals surface area contributed by atoms with Gasteiger partial charge in [0.05, 0.1) is 5.69 Å². The van der Waals surface area contributed by atoms with Gasteiger partial charge in [-0.2, -0.15) is 25.8 Å². The van der Waals surface area contributed by atoms with Crippen molar-refractivity contribution in [2.45, 2.75) is 47.4 Å². The van der Waals surface area contributed by atoms with Gasteiger partial charge in [-0.1, -0.05) is 32.9 Å². The first-order valence-corrected chi connectivity index (χ1v) is 7.89. The quantitative estimate of drug-likeness (QED) is 0.571. The van der Waals surface area contributed by atoms with Crippen LogP contribution in [-0.4, -0.2) is 34.9 Å². The third-order valence-corrected chi connectivity index (χ3v) is 2.40. The smallest absolute Gasteiger partial charge is 0.420 e. The highest BCUT2D eigenvalue weighted by Gasteiger charge is 2.40. The number of aryl methyl sites for hydroxylation is 1. The molecule has 1 rings (SSSR count). The van der Waals surface area contributed by atoms with Crippen molar-refractivity contribution in [1.29, 1.82) is 0 Å². The van der Waals surface area contributed by atoms with Crippen LogP contribution in [0.3, 0.4) is 0 Å². The van der Waals surface area contributed by atoms with Gasteiger partial charge in [-0.15, -0.1) is 0 Å². The second-order valence-electron chi connectivity index (χ2n) is 3.92. The third-order valence-electron chi connectivity index (χ3n) is 2.15. The number of halogens is 4. The van der Waals surface area contributed by atoms with Gasteiger partial charge >= 0.3 is 6.18 Å². The molecule has 1 atom stereocenters. The fourth-order valence-electron chi connectivity index (χ4n) is 1.30. The zero-order chi connectivity index (χ0) is 18.8.